The highest BCUT2D eigenvalue weighted by Gasteiger charge is 2.32. The predicted molar refractivity (Wildman–Crippen MR) is 169 cm³/mol. The average Bonchev–Trinajstić information content (AvgIpc) is 3.19. The highest BCUT2D eigenvalue weighted by atomic mass is 16.5. The van der Waals surface area contributed by atoms with Crippen LogP contribution in [0.1, 0.15) is 67.3 Å². The third-order valence-electron chi connectivity index (χ3n) is 9.00. The molecule has 0 aromatic heterocycles. The number of carbonyl (C=O) groups is 2. The van der Waals surface area contributed by atoms with Crippen molar-refractivity contribution < 1.29 is 14.3 Å². The van der Waals surface area contributed by atoms with Crippen LogP contribution in [0.5, 0.6) is 5.75 Å². The molecule has 0 spiro atoms. The topological polar surface area (TPSA) is 73.9 Å². The Kier molecular flexibility index (Phi) is 10.5. The molecule has 2 heterocycles. The molecule has 0 saturated carbocycles. The van der Waals surface area contributed by atoms with Gasteiger partial charge in [0.15, 0.2) is 0 Å². The van der Waals surface area contributed by atoms with Crippen molar-refractivity contribution >= 4 is 22.6 Å². The van der Waals surface area contributed by atoms with Gasteiger partial charge in [-0.15, -0.1) is 0 Å². The van der Waals surface area contributed by atoms with Gasteiger partial charge < -0.3 is 25.2 Å². The molecule has 0 radical (unpaired) electrons. The zero-order valence-electron chi connectivity index (χ0n) is 25.2. The SMILES string of the molecule is CC[C@H](CN1CC[C@H](CNC(=O)c2ccc3cc(OC)ccc3c2)N[C@H](CCN2CCCCC2)C1=O)c1ccccc1. The van der Waals surface area contributed by atoms with Crippen LogP contribution in [0.4, 0.5) is 0 Å². The van der Waals surface area contributed by atoms with Gasteiger partial charge in [-0.1, -0.05) is 55.8 Å². The molecular weight excluding hydrogens is 524 g/mol. The molecule has 2 fully saturated rings. The van der Waals surface area contributed by atoms with Crippen molar-refractivity contribution in [1.82, 2.24) is 20.4 Å². The van der Waals surface area contributed by atoms with Gasteiger partial charge in [-0.05, 0) is 85.8 Å². The van der Waals surface area contributed by atoms with Crippen LogP contribution in [0.3, 0.4) is 0 Å². The first kappa shape index (κ1) is 30.1. The van der Waals surface area contributed by atoms with E-state index in [1.165, 1.54) is 24.8 Å². The molecule has 2 aliphatic rings. The number of fused-ring (bicyclic) bond motifs is 1. The van der Waals surface area contributed by atoms with E-state index >= 15 is 0 Å². The standard InChI is InChI=1S/C35H46N4O3/c1-3-26(27-10-6-4-7-11-27)25-39-21-16-31(37-33(35(39)41)17-20-38-18-8-5-9-19-38)24-36-34(40)30-13-12-29-23-32(42-2)15-14-28(29)22-30/h4,6-7,10-15,22-23,26,31,33,37H,3,5,8-9,16-21,24-25H2,1-2H3,(H,36,40)/t26-,31-,33-/m1/s1. The maximum absolute atomic E-state index is 13.9. The highest BCUT2D eigenvalue weighted by Crippen LogP contribution is 2.24. The number of methoxy groups -OCH3 is 1. The van der Waals surface area contributed by atoms with Gasteiger partial charge in [-0.3, -0.25) is 9.59 Å². The highest BCUT2D eigenvalue weighted by molar-refractivity contribution is 5.98. The van der Waals surface area contributed by atoms with Crippen molar-refractivity contribution in [1.29, 1.82) is 0 Å². The van der Waals surface area contributed by atoms with Crippen LogP contribution in [0.15, 0.2) is 66.7 Å². The second kappa shape index (κ2) is 14.7. The fourth-order valence-electron chi connectivity index (χ4n) is 6.40. The number of benzene rings is 3. The number of nitrogens with one attached hydrogen (secondary N) is 2. The van der Waals surface area contributed by atoms with E-state index in [-0.39, 0.29) is 23.9 Å². The van der Waals surface area contributed by atoms with E-state index in [0.717, 1.165) is 62.0 Å². The smallest absolute Gasteiger partial charge is 0.251 e. The maximum atomic E-state index is 13.9. The molecule has 42 heavy (non-hydrogen) atoms. The van der Waals surface area contributed by atoms with Gasteiger partial charge in [0.25, 0.3) is 5.91 Å². The number of carbonyl (C=O) groups excluding carboxylic acids is 2. The van der Waals surface area contributed by atoms with Gasteiger partial charge in [-0.2, -0.15) is 0 Å². The van der Waals surface area contributed by atoms with Crippen molar-refractivity contribution in [3.05, 3.63) is 77.9 Å². The number of piperidine rings is 1. The molecule has 7 heteroatoms. The van der Waals surface area contributed by atoms with E-state index in [0.29, 0.717) is 24.6 Å². The van der Waals surface area contributed by atoms with Crippen molar-refractivity contribution in [2.75, 3.05) is 46.4 Å². The molecule has 2 aliphatic heterocycles. The van der Waals surface area contributed by atoms with E-state index in [9.17, 15) is 9.59 Å². The Morgan fingerprint density at radius 1 is 1.00 bits per heavy atom. The van der Waals surface area contributed by atoms with Crippen LogP contribution in [-0.4, -0.2) is 80.1 Å². The molecule has 3 atom stereocenters. The normalized spacial score (nSPS) is 20.7. The van der Waals surface area contributed by atoms with E-state index in [1.54, 1.807) is 7.11 Å². The van der Waals surface area contributed by atoms with Crippen LogP contribution < -0.4 is 15.4 Å². The van der Waals surface area contributed by atoms with Gasteiger partial charge in [0.1, 0.15) is 5.75 Å². The average molecular weight is 571 g/mol. The van der Waals surface area contributed by atoms with Crippen LogP contribution >= 0.6 is 0 Å². The second-order valence-electron chi connectivity index (χ2n) is 11.8. The number of hydrogen-bond donors (Lipinski definition) is 2. The van der Waals surface area contributed by atoms with Crippen molar-refractivity contribution in [3.8, 4) is 5.75 Å². The zero-order chi connectivity index (χ0) is 29.3. The van der Waals surface area contributed by atoms with Crippen molar-refractivity contribution in [2.24, 2.45) is 0 Å². The Balaban J connectivity index is 1.25. The van der Waals surface area contributed by atoms with E-state index < -0.39 is 0 Å². The lowest BCUT2D eigenvalue weighted by atomic mass is 9.95. The van der Waals surface area contributed by atoms with Gasteiger partial charge in [0.2, 0.25) is 5.91 Å². The lowest BCUT2D eigenvalue weighted by molar-refractivity contribution is -0.133. The van der Waals surface area contributed by atoms with Gasteiger partial charge >= 0.3 is 0 Å². The van der Waals surface area contributed by atoms with Crippen LogP contribution in [-0.2, 0) is 4.79 Å². The molecule has 2 N–H and O–H groups in total. The summed E-state index contributed by atoms with van der Waals surface area (Å²) in [6.45, 7) is 7.26. The first-order valence-electron chi connectivity index (χ1n) is 15.7. The molecule has 3 aromatic carbocycles. The van der Waals surface area contributed by atoms with Crippen LogP contribution in [0.2, 0.25) is 0 Å². The predicted octanol–water partition coefficient (Wildman–Crippen LogP) is 5.21. The minimum absolute atomic E-state index is 0.0239. The fraction of sp³-hybridized carbons (Fsp3) is 0.486. The first-order valence-corrected chi connectivity index (χ1v) is 15.7. The third-order valence-corrected chi connectivity index (χ3v) is 9.00. The monoisotopic (exact) mass is 570 g/mol. The summed E-state index contributed by atoms with van der Waals surface area (Å²) in [6, 6.07) is 21.9. The van der Waals surface area contributed by atoms with E-state index in [2.05, 4.69) is 51.6 Å². The van der Waals surface area contributed by atoms with Crippen LogP contribution in [0, 0.1) is 0 Å². The number of likely N-dealkylation sites (tertiary alicyclic amines) is 1. The Hall–Kier alpha value is -3.42. The summed E-state index contributed by atoms with van der Waals surface area (Å²) in [4.78, 5) is 31.7. The van der Waals surface area contributed by atoms with Crippen molar-refractivity contribution in [3.63, 3.8) is 0 Å². The molecule has 2 saturated heterocycles. The Bertz CT molecular complexity index is 1320. The van der Waals surface area contributed by atoms with Crippen molar-refractivity contribution in [2.45, 2.75) is 63.5 Å². The molecular formula is C35H46N4O3. The number of hydrogen-bond acceptors (Lipinski definition) is 5. The molecule has 2 amide bonds. The Labute approximate surface area is 250 Å². The molecule has 0 bridgehead atoms. The third kappa shape index (κ3) is 7.69. The number of nitrogens with zero attached hydrogens (tertiary/aromatic N) is 2. The van der Waals surface area contributed by atoms with Crippen LogP contribution in [0.25, 0.3) is 10.8 Å². The minimum Gasteiger partial charge on any atom is -0.497 e. The summed E-state index contributed by atoms with van der Waals surface area (Å²) in [5, 5.41) is 8.85. The maximum Gasteiger partial charge on any atom is 0.251 e. The van der Waals surface area contributed by atoms with E-state index in [4.69, 9.17) is 4.74 Å². The summed E-state index contributed by atoms with van der Waals surface area (Å²) in [5.74, 6) is 1.20. The number of ether oxygens (including phenoxy) is 1. The lowest BCUT2D eigenvalue weighted by Crippen LogP contribution is -2.50. The second-order valence-corrected chi connectivity index (χ2v) is 11.8. The summed E-state index contributed by atoms with van der Waals surface area (Å²) < 4.78 is 5.32. The molecule has 3 aromatic rings. The van der Waals surface area contributed by atoms with Gasteiger partial charge in [0, 0.05) is 43.7 Å². The largest absolute Gasteiger partial charge is 0.497 e. The molecule has 7 nitrogen and oxygen atoms in total. The summed E-state index contributed by atoms with van der Waals surface area (Å²) in [5.41, 5.74) is 1.92. The minimum atomic E-state index is -0.250. The van der Waals surface area contributed by atoms with E-state index in [1.807, 2.05) is 42.5 Å². The number of amides is 2. The Morgan fingerprint density at radius 2 is 1.76 bits per heavy atom. The summed E-state index contributed by atoms with van der Waals surface area (Å²) >= 11 is 0. The first-order chi connectivity index (χ1) is 20.5. The van der Waals surface area contributed by atoms with Gasteiger partial charge in [0.05, 0.1) is 13.2 Å². The lowest BCUT2D eigenvalue weighted by Gasteiger charge is -2.31. The molecule has 0 unspecified atom stereocenters. The quantitative estimate of drug-likeness (QED) is 0.331. The molecule has 5 rings (SSSR count). The Morgan fingerprint density at radius 3 is 2.52 bits per heavy atom. The number of rotatable bonds is 11. The summed E-state index contributed by atoms with van der Waals surface area (Å²) in [6.07, 6.45) is 6.35. The summed E-state index contributed by atoms with van der Waals surface area (Å²) in [7, 11) is 1.65. The van der Waals surface area contributed by atoms with Gasteiger partial charge in [-0.25, -0.2) is 0 Å². The molecule has 0 aliphatic carbocycles. The molecule has 224 valence electrons. The fourth-order valence-corrected chi connectivity index (χ4v) is 6.40. The zero-order valence-corrected chi connectivity index (χ0v) is 25.2.